The quantitative estimate of drug-likeness (QED) is 0.872. The van der Waals surface area contributed by atoms with Crippen molar-refractivity contribution in [3.8, 4) is 11.5 Å². The lowest BCUT2D eigenvalue weighted by atomic mass is 9.79. The zero-order valence-corrected chi connectivity index (χ0v) is 11.9. The summed E-state index contributed by atoms with van der Waals surface area (Å²) in [5.74, 6) is 1.35. The number of hydrogen-bond donors (Lipinski definition) is 2. The molecule has 0 unspecified atom stereocenters. The van der Waals surface area contributed by atoms with Crippen LogP contribution in [-0.4, -0.2) is 25.7 Å². The Kier molecular flexibility index (Phi) is 3.20. The molecule has 2 N–H and O–H groups in total. The van der Waals surface area contributed by atoms with Gasteiger partial charge >= 0.3 is 0 Å². The van der Waals surface area contributed by atoms with Gasteiger partial charge in [0.15, 0.2) is 11.5 Å². The first kappa shape index (κ1) is 13.1. The number of methoxy groups -OCH3 is 2. The largest absolute Gasteiger partial charge is 0.493 e. The normalized spacial score (nSPS) is 19.8. The molecule has 0 radical (unpaired) electrons. The second-order valence-corrected chi connectivity index (χ2v) is 5.47. The predicted octanol–water partition coefficient (Wildman–Crippen LogP) is 2.77. The minimum Gasteiger partial charge on any atom is -0.493 e. The van der Waals surface area contributed by atoms with E-state index in [1.54, 1.807) is 20.3 Å². The minimum absolute atomic E-state index is 0.0666. The first-order chi connectivity index (χ1) is 9.68. The zero-order chi connectivity index (χ0) is 14.2. The second-order valence-electron chi connectivity index (χ2n) is 5.47. The van der Waals surface area contributed by atoms with Crippen molar-refractivity contribution in [3.05, 3.63) is 12.1 Å². The molecule has 1 saturated carbocycles. The Morgan fingerprint density at radius 1 is 1.00 bits per heavy atom. The van der Waals surface area contributed by atoms with Crippen LogP contribution in [-0.2, 0) is 4.79 Å². The number of benzene rings is 1. The van der Waals surface area contributed by atoms with Crippen LogP contribution in [0.4, 0.5) is 11.4 Å². The molecule has 3 rings (SSSR count). The van der Waals surface area contributed by atoms with Crippen molar-refractivity contribution in [3.63, 3.8) is 0 Å². The average molecular weight is 276 g/mol. The smallest absolute Gasteiger partial charge is 0.250 e. The van der Waals surface area contributed by atoms with Crippen molar-refractivity contribution in [1.29, 1.82) is 0 Å². The van der Waals surface area contributed by atoms with Gasteiger partial charge in [0.25, 0.3) is 0 Å². The monoisotopic (exact) mass is 276 g/mol. The fourth-order valence-electron chi connectivity index (χ4n) is 3.15. The van der Waals surface area contributed by atoms with Gasteiger partial charge in [0.1, 0.15) is 5.54 Å². The Hall–Kier alpha value is -1.91. The molecule has 1 fully saturated rings. The van der Waals surface area contributed by atoms with Crippen molar-refractivity contribution < 1.29 is 14.3 Å². The van der Waals surface area contributed by atoms with Crippen LogP contribution in [0.2, 0.25) is 0 Å². The molecule has 1 aromatic rings. The molecule has 1 aliphatic carbocycles. The molecule has 5 nitrogen and oxygen atoms in total. The van der Waals surface area contributed by atoms with Crippen molar-refractivity contribution >= 4 is 17.3 Å². The number of hydrogen-bond acceptors (Lipinski definition) is 4. The van der Waals surface area contributed by atoms with E-state index in [4.69, 9.17) is 9.47 Å². The Morgan fingerprint density at radius 3 is 2.20 bits per heavy atom. The third kappa shape index (κ3) is 1.97. The number of rotatable bonds is 2. The lowest BCUT2D eigenvalue weighted by Gasteiger charge is -2.41. The van der Waals surface area contributed by atoms with E-state index in [0.717, 1.165) is 37.1 Å². The van der Waals surface area contributed by atoms with Gasteiger partial charge in [0.05, 0.1) is 25.6 Å². The molecule has 1 aliphatic heterocycles. The van der Waals surface area contributed by atoms with Gasteiger partial charge in [-0.2, -0.15) is 0 Å². The minimum atomic E-state index is -0.454. The van der Waals surface area contributed by atoms with Crippen LogP contribution in [0.5, 0.6) is 11.5 Å². The third-order valence-corrected chi connectivity index (χ3v) is 4.29. The summed E-state index contributed by atoms with van der Waals surface area (Å²) in [6, 6.07) is 3.69. The van der Waals surface area contributed by atoms with Gasteiger partial charge in [0.2, 0.25) is 5.91 Å². The number of ether oxygens (including phenoxy) is 2. The maximum atomic E-state index is 12.4. The summed E-state index contributed by atoms with van der Waals surface area (Å²) in [6.45, 7) is 0. The van der Waals surface area contributed by atoms with Crippen LogP contribution < -0.4 is 20.1 Å². The lowest BCUT2D eigenvalue weighted by molar-refractivity contribution is -0.121. The topological polar surface area (TPSA) is 59.6 Å². The van der Waals surface area contributed by atoms with E-state index in [1.807, 2.05) is 6.07 Å². The summed E-state index contributed by atoms with van der Waals surface area (Å²) in [5.41, 5.74) is 1.21. The van der Waals surface area contributed by atoms with E-state index >= 15 is 0 Å². The van der Waals surface area contributed by atoms with E-state index in [1.165, 1.54) is 6.42 Å². The number of nitrogens with one attached hydrogen (secondary N) is 2. The molecule has 20 heavy (non-hydrogen) atoms. The molecular formula is C15H20N2O3. The van der Waals surface area contributed by atoms with E-state index in [9.17, 15) is 4.79 Å². The third-order valence-electron chi connectivity index (χ3n) is 4.29. The molecule has 0 bridgehead atoms. The van der Waals surface area contributed by atoms with Crippen LogP contribution >= 0.6 is 0 Å². The van der Waals surface area contributed by atoms with Crippen molar-refractivity contribution in [2.75, 3.05) is 24.9 Å². The highest BCUT2D eigenvalue weighted by molar-refractivity contribution is 6.06. The molecule has 0 saturated heterocycles. The first-order valence-electron chi connectivity index (χ1n) is 7.04. The molecule has 1 aromatic carbocycles. The van der Waals surface area contributed by atoms with Gasteiger partial charge in [-0.05, 0) is 12.8 Å². The van der Waals surface area contributed by atoms with Gasteiger partial charge in [0, 0.05) is 12.1 Å². The van der Waals surface area contributed by atoms with Gasteiger partial charge in [-0.15, -0.1) is 0 Å². The Bertz CT molecular complexity index is 536. The van der Waals surface area contributed by atoms with Gasteiger partial charge in [-0.1, -0.05) is 19.3 Å². The molecule has 108 valence electrons. The van der Waals surface area contributed by atoms with Crippen molar-refractivity contribution in [1.82, 2.24) is 0 Å². The second kappa shape index (κ2) is 4.89. The first-order valence-corrected chi connectivity index (χ1v) is 7.04. The predicted molar refractivity (Wildman–Crippen MR) is 77.6 cm³/mol. The van der Waals surface area contributed by atoms with E-state index in [0.29, 0.717) is 11.5 Å². The molecular weight excluding hydrogens is 256 g/mol. The van der Waals surface area contributed by atoms with Crippen LogP contribution in [0.1, 0.15) is 32.1 Å². The molecule has 1 heterocycles. The fraction of sp³-hybridized carbons (Fsp3) is 0.533. The highest BCUT2D eigenvalue weighted by atomic mass is 16.5. The summed E-state index contributed by atoms with van der Waals surface area (Å²) < 4.78 is 10.6. The summed E-state index contributed by atoms with van der Waals surface area (Å²) in [7, 11) is 3.20. The molecule has 2 aliphatic rings. The van der Waals surface area contributed by atoms with E-state index in [-0.39, 0.29) is 5.91 Å². The van der Waals surface area contributed by atoms with Crippen LogP contribution in [0.25, 0.3) is 0 Å². The van der Waals surface area contributed by atoms with Crippen molar-refractivity contribution in [2.45, 2.75) is 37.6 Å². The molecule has 0 atom stereocenters. The summed E-state index contributed by atoms with van der Waals surface area (Å²) in [5, 5.41) is 6.45. The maximum Gasteiger partial charge on any atom is 0.250 e. The molecule has 5 heteroatoms. The standard InChI is InChI=1S/C15H20N2O3/c1-19-12-8-10-11(9-13(12)20-2)17-15(14(18)16-10)6-4-3-5-7-15/h8-9,17H,3-7H2,1-2H3,(H,16,18). The highest BCUT2D eigenvalue weighted by Crippen LogP contribution is 2.43. The molecule has 0 aromatic heterocycles. The number of carbonyl (C=O) groups is 1. The highest BCUT2D eigenvalue weighted by Gasteiger charge is 2.43. The van der Waals surface area contributed by atoms with Crippen molar-refractivity contribution in [2.24, 2.45) is 0 Å². The maximum absolute atomic E-state index is 12.4. The van der Waals surface area contributed by atoms with Crippen LogP contribution in [0, 0.1) is 0 Å². The number of anilines is 2. The zero-order valence-electron chi connectivity index (χ0n) is 11.9. The van der Waals surface area contributed by atoms with Crippen LogP contribution in [0.15, 0.2) is 12.1 Å². The number of amides is 1. The van der Waals surface area contributed by atoms with Gasteiger partial charge in [-0.3, -0.25) is 4.79 Å². The van der Waals surface area contributed by atoms with Crippen LogP contribution in [0.3, 0.4) is 0 Å². The Balaban J connectivity index is 1.99. The van der Waals surface area contributed by atoms with E-state index in [2.05, 4.69) is 10.6 Å². The number of fused-ring (bicyclic) bond motifs is 1. The fourth-order valence-corrected chi connectivity index (χ4v) is 3.15. The Labute approximate surface area is 118 Å². The summed E-state index contributed by atoms with van der Waals surface area (Å²) >= 11 is 0. The SMILES string of the molecule is COc1cc2c(cc1OC)NC1(CCCCC1)C(=O)N2. The summed E-state index contributed by atoms with van der Waals surface area (Å²) in [4.78, 5) is 12.4. The number of carbonyl (C=O) groups excluding carboxylic acids is 1. The van der Waals surface area contributed by atoms with Gasteiger partial charge in [-0.25, -0.2) is 0 Å². The lowest BCUT2D eigenvalue weighted by Crippen LogP contribution is -2.53. The van der Waals surface area contributed by atoms with E-state index < -0.39 is 5.54 Å². The molecule has 1 amide bonds. The van der Waals surface area contributed by atoms with Gasteiger partial charge < -0.3 is 20.1 Å². The Morgan fingerprint density at radius 2 is 1.60 bits per heavy atom. The molecule has 1 spiro atoms. The summed E-state index contributed by atoms with van der Waals surface area (Å²) in [6.07, 6.45) is 5.14. The average Bonchev–Trinajstić information content (AvgIpc) is 2.48.